The predicted molar refractivity (Wildman–Crippen MR) is 40.4 cm³/mol. The number of carbonyl (C=O) groups is 1. The molecule has 0 aliphatic heterocycles. The van der Waals surface area contributed by atoms with E-state index >= 15 is 0 Å². The van der Waals surface area contributed by atoms with E-state index in [1.807, 2.05) is 6.08 Å². The van der Waals surface area contributed by atoms with Crippen LogP contribution >= 0.6 is 15.9 Å². The van der Waals surface area contributed by atoms with Crippen molar-refractivity contribution in [3.8, 4) is 0 Å². The predicted octanol–water partition coefficient (Wildman–Crippen LogP) is 2.26. The molecule has 0 aromatic carbocycles. The summed E-state index contributed by atoms with van der Waals surface area (Å²) in [5.41, 5.74) is 0. The first-order valence-electron chi connectivity index (χ1n) is 3.10. The van der Waals surface area contributed by atoms with E-state index in [9.17, 15) is 4.79 Å². The fraction of sp³-hybridized carbons (Fsp3) is 0.571. The lowest BCUT2D eigenvalue weighted by Gasteiger charge is -2.11. The van der Waals surface area contributed by atoms with E-state index in [0.717, 1.165) is 10.9 Å². The number of hydrogen-bond acceptors (Lipinski definition) is 1. The first kappa shape index (κ1) is 7.00. The molecule has 0 N–H and O–H groups in total. The summed E-state index contributed by atoms with van der Waals surface area (Å²) in [7, 11) is 0. The van der Waals surface area contributed by atoms with Gasteiger partial charge in [0.2, 0.25) is 0 Å². The molecule has 0 radical (unpaired) electrons. The molecule has 1 aliphatic rings. The Morgan fingerprint density at radius 1 is 1.78 bits per heavy atom. The Labute approximate surface area is 63.3 Å². The van der Waals surface area contributed by atoms with E-state index in [1.54, 1.807) is 0 Å². The Bertz CT molecular complexity index is 160. The van der Waals surface area contributed by atoms with Crippen molar-refractivity contribution in [2.75, 3.05) is 0 Å². The summed E-state index contributed by atoms with van der Waals surface area (Å²) in [6.07, 6.45) is 3.69. The van der Waals surface area contributed by atoms with Crippen molar-refractivity contribution in [2.24, 2.45) is 5.92 Å². The molecule has 1 nitrogen and oxygen atoms in total. The molecule has 0 aromatic heterocycles. The van der Waals surface area contributed by atoms with Crippen LogP contribution < -0.4 is 0 Å². The molecule has 0 saturated heterocycles. The zero-order valence-electron chi connectivity index (χ0n) is 5.36. The molecule has 9 heavy (non-hydrogen) atoms. The number of rotatable bonds is 0. The second kappa shape index (κ2) is 2.65. The third kappa shape index (κ3) is 1.65. The van der Waals surface area contributed by atoms with Gasteiger partial charge in [-0.05, 0) is 28.3 Å². The minimum absolute atomic E-state index is 0.244. The Kier molecular flexibility index (Phi) is 2.06. The number of ketones is 1. The molecule has 0 amide bonds. The summed E-state index contributed by atoms with van der Waals surface area (Å²) < 4.78 is 0.765. The van der Waals surface area contributed by atoms with Gasteiger partial charge >= 0.3 is 0 Å². The Balaban J connectivity index is 2.72. The summed E-state index contributed by atoms with van der Waals surface area (Å²) in [4.78, 5) is 10.8. The van der Waals surface area contributed by atoms with Crippen molar-refractivity contribution < 1.29 is 4.79 Å². The molecule has 0 saturated carbocycles. The molecule has 0 aromatic rings. The highest BCUT2D eigenvalue weighted by atomic mass is 79.9. The average molecular weight is 189 g/mol. The third-order valence-corrected chi connectivity index (χ3v) is 2.23. The summed E-state index contributed by atoms with van der Waals surface area (Å²) in [6, 6.07) is 0. The second-order valence-corrected chi connectivity index (χ2v) is 3.31. The van der Waals surface area contributed by atoms with Gasteiger partial charge in [0, 0.05) is 6.42 Å². The van der Waals surface area contributed by atoms with Gasteiger partial charge in [0.25, 0.3) is 0 Å². The third-order valence-electron chi connectivity index (χ3n) is 1.52. The molecule has 1 atom stereocenters. The van der Waals surface area contributed by atoms with Gasteiger partial charge in [-0.15, -0.1) is 0 Å². The Morgan fingerprint density at radius 2 is 2.44 bits per heavy atom. The summed E-state index contributed by atoms with van der Waals surface area (Å²) in [5.74, 6) is 0.810. The topological polar surface area (TPSA) is 17.1 Å². The Hall–Kier alpha value is -0.110. The van der Waals surface area contributed by atoms with E-state index in [4.69, 9.17) is 0 Å². The SMILES string of the molecule is CC1C=C(Br)C(=O)CC1. The molecule has 0 heterocycles. The van der Waals surface area contributed by atoms with Crippen LogP contribution in [0, 0.1) is 5.92 Å². The summed E-state index contributed by atoms with van der Waals surface area (Å²) in [6.45, 7) is 2.12. The fourth-order valence-electron chi connectivity index (χ4n) is 0.904. The highest BCUT2D eigenvalue weighted by Gasteiger charge is 2.14. The molecular formula is C7H9BrO. The number of allylic oxidation sites excluding steroid dienone is 2. The molecule has 1 unspecified atom stereocenters. The van der Waals surface area contributed by atoms with E-state index in [0.29, 0.717) is 12.3 Å². The van der Waals surface area contributed by atoms with Crippen LogP contribution in [-0.2, 0) is 4.79 Å². The quantitative estimate of drug-likeness (QED) is 0.571. The van der Waals surface area contributed by atoms with Gasteiger partial charge in [0.05, 0.1) is 4.48 Å². The standard InChI is InChI=1S/C7H9BrO/c1-5-2-3-7(9)6(8)4-5/h4-5H,2-3H2,1H3. The van der Waals surface area contributed by atoms with Crippen LogP contribution in [0.15, 0.2) is 10.6 Å². The molecule has 0 spiro atoms. The van der Waals surface area contributed by atoms with Crippen LogP contribution in [0.25, 0.3) is 0 Å². The maximum Gasteiger partial charge on any atom is 0.169 e. The van der Waals surface area contributed by atoms with E-state index in [1.165, 1.54) is 0 Å². The lowest BCUT2D eigenvalue weighted by atomic mass is 9.97. The van der Waals surface area contributed by atoms with Gasteiger partial charge < -0.3 is 0 Å². The molecular weight excluding hydrogens is 180 g/mol. The first-order valence-corrected chi connectivity index (χ1v) is 3.90. The first-order chi connectivity index (χ1) is 4.20. The second-order valence-electron chi connectivity index (χ2n) is 2.45. The zero-order chi connectivity index (χ0) is 6.85. The van der Waals surface area contributed by atoms with Crippen LogP contribution in [0.2, 0.25) is 0 Å². The lowest BCUT2D eigenvalue weighted by molar-refractivity contribution is -0.115. The number of hydrogen-bond donors (Lipinski definition) is 0. The number of halogens is 1. The highest BCUT2D eigenvalue weighted by Crippen LogP contribution is 2.22. The van der Waals surface area contributed by atoms with Gasteiger partial charge in [0.1, 0.15) is 0 Å². The summed E-state index contributed by atoms with van der Waals surface area (Å²) in [5, 5.41) is 0. The zero-order valence-corrected chi connectivity index (χ0v) is 6.94. The largest absolute Gasteiger partial charge is 0.294 e. The maximum atomic E-state index is 10.8. The van der Waals surface area contributed by atoms with Crippen molar-refractivity contribution in [3.05, 3.63) is 10.6 Å². The molecule has 1 aliphatic carbocycles. The minimum atomic E-state index is 0.244. The van der Waals surface area contributed by atoms with Crippen LogP contribution in [0.4, 0.5) is 0 Å². The van der Waals surface area contributed by atoms with E-state index in [-0.39, 0.29) is 5.78 Å². The van der Waals surface area contributed by atoms with Crippen molar-refractivity contribution in [2.45, 2.75) is 19.8 Å². The lowest BCUT2D eigenvalue weighted by Crippen LogP contribution is -2.07. The Morgan fingerprint density at radius 3 is 2.89 bits per heavy atom. The molecule has 50 valence electrons. The van der Waals surface area contributed by atoms with E-state index in [2.05, 4.69) is 22.9 Å². The molecule has 0 bridgehead atoms. The fourth-order valence-corrected chi connectivity index (χ4v) is 1.55. The van der Waals surface area contributed by atoms with Crippen molar-refractivity contribution in [1.29, 1.82) is 0 Å². The van der Waals surface area contributed by atoms with Gasteiger partial charge in [-0.1, -0.05) is 13.0 Å². The highest BCUT2D eigenvalue weighted by molar-refractivity contribution is 9.12. The maximum absolute atomic E-state index is 10.8. The smallest absolute Gasteiger partial charge is 0.169 e. The normalized spacial score (nSPS) is 28.0. The van der Waals surface area contributed by atoms with Crippen LogP contribution in [0.1, 0.15) is 19.8 Å². The number of carbonyl (C=O) groups excluding carboxylic acids is 1. The van der Waals surface area contributed by atoms with Crippen molar-refractivity contribution in [3.63, 3.8) is 0 Å². The average Bonchev–Trinajstić information content (AvgIpc) is 1.80. The van der Waals surface area contributed by atoms with Gasteiger partial charge in [-0.25, -0.2) is 0 Å². The summed E-state index contributed by atoms with van der Waals surface area (Å²) >= 11 is 3.21. The molecule has 0 fully saturated rings. The van der Waals surface area contributed by atoms with Crippen LogP contribution in [-0.4, -0.2) is 5.78 Å². The molecule has 1 rings (SSSR count). The van der Waals surface area contributed by atoms with Gasteiger partial charge in [0.15, 0.2) is 5.78 Å². The minimum Gasteiger partial charge on any atom is -0.294 e. The van der Waals surface area contributed by atoms with Crippen LogP contribution in [0.5, 0.6) is 0 Å². The molecule has 2 heteroatoms. The van der Waals surface area contributed by atoms with Gasteiger partial charge in [-0.3, -0.25) is 4.79 Å². The van der Waals surface area contributed by atoms with Crippen molar-refractivity contribution in [1.82, 2.24) is 0 Å². The van der Waals surface area contributed by atoms with E-state index < -0.39 is 0 Å². The van der Waals surface area contributed by atoms with Gasteiger partial charge in [-0.2, -0.15) is 0 Å². The number of Topliss-reactive ketones (excluding diaryl/α,β-unsaturated/α-hetero) is 1. The van der Waals surface area contributed by atoms with Crippen molar-refractivity contribution >= 4 is 21.7 Å². The van der Waals surface area contributed by atoms with Crippen LogP contribution in [0.3, 0.4) is 0 Å². The monoisotopic (exact) mass is 188 g/mol.